The quantitative estimate of drug-likeness (QED) is 0.757. The van der Waals surface area contributed by atoms with Crippen molar-refractivity contribution in [2.45, 2.75) is 38.5 Å². The van der Waals surface area contributed by atoms with Gasteiger partial charge >= 0.3 is 0 Å². The van der Waals surface area contributed by atoms with E-state index in [-0.39, 0.29) is 10.8 Å². The second kappa shape index (κ2) is 6.51. The van der Waals surface area contributed by atoms with E-state index in [0.717, 1.165) is 0 Å². The average Bonchev–Trinajstić information content (AvgIpc) is 2.54. The second-order valence-electron chi connectivity index (χ2n) is 8.13. The highest BCUT2D eigenvalue weighted by Crippen LogP contribution is 2.44. The molecule has 0 amide bonds. The Labute approximate surface area is 148 Å². The summed E-state index contributed by atoms with van der Waals surface area (Å²) in [6.07, 6.45) is 0. The molecule has 0 aliphatic rings. The molecule has 2 nitrogen and oxygen atoms in total. The fraction of sp³-hybridized carbons (Fsp3) is 0.455. The molecule has 0 unspecified atom stereocenters. The van der Waals surface area contributed by atoms with E-state index in [0.29, 0.717) is 0 Å². The highest BCUT2D eigenvalue weighted by atomic mass is 15.1. The van der Waals surface area contributed by atoms with Gasteiger partial charge in [0.05, 0.1) is 0 Å². The number of nitrogens with zero attached hydrogens (tertiary/aromatic N) is 2. The smallest absolute Gasteiger partial charge is 0.0361 e. The van der Waals surface area contributed by atoms with Gasteiger partial charge in [0.25, 0.3) is 0 Å². The molecule has 24 heavy (non-hydrogen) atoms. The average molecular weight is 325 g/mol. The maximum absolute atomic E-state index is 2.34. The van der Waals surface area contributed by atoms with Crippen LogP contribution >= 0.6 is 0 Å². The van der Waals surface area contributed by atoms with Crippen LogP contribution < -0.4 is 9.80 Å². The molecule has 0 spiro atoms. The van der Waals surface area contributed by atoms with E-state index in [9.17, 15) is 0 Å². The van der Waals surface area contributed by atoms with Gasteiger partial charge in [-0.3, -0.25) is 0 Å². The van der Waals surface area contributed by atoms with Crippen molar-refractivity contribution in [1.29, 1.82) is 0 Å². The molecular formula is C22H32N2. The Morgan fingerprint density at radius 2 is 0.750 bits per heavy atom. The van der Waals surface area contributed by atoms with Crippen molar-refractivity contribution in [1.82, 2.24) is 0 Å². The molecule has 0 bridgehead atoms. The number of hydrogen-bond donors (Lipinski definition) is 0. The molecule has 0 N–H and O–H groups in total. The number of hydrogen-bond acceptors (Lipinski definition) is 2. The predicted octanol–water partition coefficient (Wildman–Crippen LogP) is 5.07. The summed E-state index contributed by atoms with van der Waals surface area (Å²) >= 11 is 0. The van der Waals surface area contributed by atoms with Crippen LogP contribution in [0.15, 0.2) is 48.5 Å². The van der Waals surface area contributed by atoms with Crippen LogP contribution in [-0.4, -0.2) is 28.2 Å². The molecule has 0 fully saturated rings. The van der Waals surface area contributed by atoms with Gasteiger partial charge in [-0.15, -0.1) is 0 Å². The zero-order chi connectivity index (χ0) is 18.1. The summed E-state index contributed by atoms with van der Waals surface area (Å²) in [4.78, 5) is 4.28. The van der Waals surface area contributed by atoms with Crippen molar-refractivity contribution in [3.8, 4) is 0 Å². The summed E-state index contributed by atoms with van der Waals surface area (Å²) in [6.45, 7) is 9.38. The standard InChI is InChI=1S/C22H32N2/c1-21(2,17-9-13-19(14-10-17)23(5)6)22(3,4)18-11-15-20(16-12-18)24(7)8/h9-16H,1-8H3. The Hall–Kier alpha value is -1.96. The number of rotatable bonds is 5. The van der Waals surface area contributed by atoms with E-state index < -0.39 is 0 Å². The van der Waals surface area contributed by atoms with Crippen molar-refractivity contribution in [2.75, 3.05) is 38.0 Å². The van der Waals surface area contributed by atoms with Crippen LogP contribution in [0.25, 0.3) is 0 Å². The van der Waals surface area contributed by atoms with E-state index in [4.69, 9.17) is 0 Å². The molecule has 130 valence electrons. The zero-order valence-electron chi connectivity index (χ0n) is 16.5. The first-order valence-corrected chi connectivity index (χ1v) is 8.63. The minimum Gasteiger partial charge on any atom is -0.378 e. The van der Waals surface area contributed by atoms with Crippen LogP contribution in [0.2, 0.25) is 0 Å². The first-order chi connectivity index (χ1) is 11.1. The van der Waals surface area contributed by atoms with Crippen LogP contribution in [0.3, 0.4) is 0 Å². The summed E-state index contributed by atoms with van der Waals surface area (Å²) in [6, 6.07) is 17.9. The number of anilines is 2. The molecule has 0 radical (unpaired) electrons. The van der Waals surface area contributed by atoms with Crippen LogP contribution in [0.4, 0.5) is 11.4 Å². The summed E-state index contributed by atoms with van der Waals surface area (Å²) in [5.41, 5.74) is 5.27. The molecule has 0 aromatic heterocycles. The third kappa shape index (κ3) is 3.28. The maximum Gasteiger partial charge on any atom is 0.0361 e. The van der Waals surface area contributed by atoms with Gasteiger partial charge in [0.1, 0.15) is 0 Å². The summed E-state index contributed by atoms with van der Waals surface area (Å²) in [5.74, 6) is 0. The van der Waals surface area contributed by atoms with Gasteiger partial charge in [0, 0.05) is 39.6 Å². The minimum atomic E-state index is 0.0253. The van der Waals surface area contributed by atoms with Crippen molar-refractivity contribution >= 4 is 11.4 Å². The lowest BCUT2D eigenvalue weighted by Crippen LogP contribution is -2.40. The molecule has 0 aliphatic heterocycles. The monoisotopic (exact) mass is 324 g/mol. The molecule has 2 heteroatoms. The van der Waals surface area contributed by atoms with E-state index in [1.54, 1.807) is 0 Å². The molecule has 0 aliphatic carbocycles. The van der Waals surface area contributed by atoms with Crippen molar-refractivity contribution in [3.63, 3.8) is 0 Å². The van der Waals surface area contributed by atoms with Gasteiger partial charge in [-0.2, -0.15) is 0 Å². The minimum absolute atomic E-state index is 0.0253. The van der Waals surface area contributed by atoms with E-state index >= 15 is 0 Å². The Kier molecular flexibility index (Phi) is 4.98. The topological polar surface area (TPSA) is 6.48 Å². The fourth-order valence-electron chi connectivity index (χ4n) is 3.07. The van der Waals surface area contributed by atoms with E-state index in [1.807, 2.05) is 0 Å². The van der Waals surface area contributed by atoms with Gasteiger partial charge in [-0.25, -0.2) is 0 Å². The Morgan fingerprint density at radius 3 is 0.958 bits per heavy atom. The van der Waals surface area contributed by atoms with E-state index in [1.165, 1.54) is 22.5 Å². The molecule has 2 aromatic rings. The van der Waals surface area contributed by atoms with Crippen LogP contribution in [0.1, 0.15) is 38.8 Å². The molecule has 0 atom stereocenters. The third-order valence-electron chi connectivity index (χ3n) is 5.77. The molecule has 2 rings (SSSR count). The van der Waals surface area contributed by atoms with Gasteiger partial charge in [-0.1, -0.05) is 52.0 Å². The zero-order valence-corrected chi connectivity index (χ0v) is 16.5. The SMILES string of the molecule is CN(C)c1ccc(C(C)(C)C(C)(C)c2ccc(N(C)C)cc2)cc1. The van der Waals surface area contributed by atoms with Gasteiger partial charge in [-0.05, 0) is 46.2 Å². The van der Waals surface area contributed by atoms with Crippen molar-refractivity contribution < 1.29 is 0 Å². The first-order valence-electron chi connectivity index (χ1n) is 8.63. The van der Waals surface area contributed by atoms with Gasteiger partial charge < -0.3 is 9.80 Å². The largest absolute Gasteiger partial charge is 0.378 e. The lowest BCUT2D eigenvalue weighted by atomic mass is 9.61. The Bertz CT molecular complexity index is 601. The molecule has 2 aromatic carbocycles. The Balaban J connectivity index is 2.37. The van der Waals surface area contributed by atoms with E-state index in [2.05, 4.69) is 114 Å². The summed E-state index contributed by atoms with van der Waals surface area (Å²) in [5, 5.41) is 0. The normalized spacial score (nSPS) is 12.2. The van der Waals surface area contributed by atoms with Crippen LogP contribution in [0.5, 0.6) is 0 Å². The van der Waals surface area contributed by atoms with Crippen molar-refractivity contribution in [3.05, 3.63) is 59.7 Å². The lowest BCUT2D eigenvalue weighted by Gasteiger charge is -2.43. The molecular weight excluding hydrogens is 292 g/mol. The van der Waals surface area contributed by atoms with Gasteiger partial charge in [0.2, 0.25) is 0 Å². The summed E-state index contributed by atoms with van der Waals surface area (Å²) in [7, 11) is 8.32. The Morgan fingerprint density at radius 1 is 0.500 bits per heavy atom. The molecule has 0 saturated heterocycles. The van der Waals surface area contributed by atoms with Crippen LogP contribution in [0, 0.1) is 0 Å². The fourth-order valence-corrected chi connectivity index (χ4v) is 3.07. The third-order valence-corrected chi connectivity index (χ3v) is 5.77. The highest BCUT2D eigenvalue weighted by Gasteiger charge is 2.39. The van der Waals surface area contributed by atoms with Gasteiger partial charge in [0.15, 0.2) is 0 Å². The lowest BCUT2D eigenvalue weighted by molar-refractivity contribution is 0.303. The summed E-state index contributed by atoms with van der Waals surface area (Å²) < 4.78 is 0. The molecule has 0 saturated carbocycles. The number of benzene rings is 2. The van der Waals surface area contributed by atoms with Crippen molar-refractivity contribution in [2.24, 2.45) is 0 Å². The predicted molar refractivity (Wildman–Crippen MR) is 108 cm³/mol. The molecule has 0 heterocycles. The van der Waals surface area contributed by atoms with Crippen LogP contribution in [-0.2, 0) is 10.8 Å². The maximum atomic E-state index is 2.34. The first kappa shape index (κ1) is 18.4. The highest BCUT2D eigenvalue weighted by molar-refractivity contribution is 5.50. The second-order valence-corrected chi connectivity index (χ2v) is 8.13.